The van der Waals surface area contributed by atoms with Crippen LogP contribution in [-0.2, 0) is 6.54 Å². The zero-order valence-corrected chi connectivity index (χ0v) is 9.65. The van der Waals surface area contributed by atoms with Gasteiger partial charge in [0.05, 0.1) is 18.4 Å². The van der Waals surface area contributed by atoms with E-state index in [0.29, 0.717) is 11.3 Å². The SMILES string of the molecule is CNc1cnn(Cc2cc(F)cc(F)c2)c(=O)c1. The summed E-state index contributed by atoms with van der Waals surface area (Å²) in [6.45, 7) is 0.0253. The monoisotopic (exact) mass is 251 g/mol. The van der Waals surface area contributed by atoms with E-state index in [1.807, 2.05) is 0 Å². The van der Waals surface area contributed by atoms with E-state index in [1.54, 1.807) is 7.05 Å². The van der Waals surface area contributed by atoms with Gasteiger partial charge < -0.3 is 5.32 Å². The molecule has 0 unspecified atom stereocenters. The molecule has 2 aromatic rings. The number of nitrogens with zero attached hydrogens (tertiary/aromatic N) is 2. The summed E-state index contributed by atoms with van der Waals surface area (Å²) in [6.07, 6.45) is 1.47. The maximum Gasteiger partial charge on any atom is 0.269 e. The average Bonchev–Trinajstić information content (AvgIpc) is 2.30. The average molecular weight is 251 g/mol. The molecule has 94 valence electrons. The Morgan fingerprint density at radius 3 is 2.44 bits per heavy atom. The molecular formula is C12H11F2N3O. The van der Waals surface area contributed by atoms with Crippen LogP contribution in [0.5, 0.6) is 0 Å². The van der Waals surface area contributed by atoms with Gasteiger partial charge in [-0.3, -0.25) is 4.79 Å². The highest BCUT2D eigenvalue weighted by atomic mass is 19.1. The van der Waals surface area contributed by atoms with Gasteiger partial charge in [-0.15, -0.1) is 0 Å². The summed E-state index contributed by atoms with van der Waals surface area (Å²) in [6, 6.07) is 4.48. The van der Waals surface area contributed by atoms with Crippen LogP contribution in [0.25, 0.3) is 0 Å². The summed E-state index contributed by atoms with van der Waals surface area (Å²) in [7, 11) is 1.67. The Hall–Kier alpha value is -2.24. The summed E-state index contributed by atoms with van der Waals surface area (Å²) in [5.74, 6) is -1.35. The first-order valence-corrected chi connectivity index (χ1v) is 5.28. The van der Waals surface area contributed by atoms with Gasteiger partial charge >= 0.3 is 0 Å². The Kier molecular flexibility index (Phi) is 3.36. The number of nitrogens with one attached hydrogen (secondary N) is 1. The van der Waals surface area contributed by atoms with Crippen molar-refractivity contribution in [1.82, 2.24) is 9.78 Å². The minimum absolute atomic E-state index is 0.0253. The molecule has 1 aromatic heterocycles. The van der Waals surface area contributed by atoms with Gasteiger partial charge in [0.2, 0.25) is 0 Å². The number of hydrogen-bond donors (Lipinski definition) is 1. The molecule has 1 aromatic carbocycles. The summed E-state index contributed by atoms with van der Waals surface area (Å²) >= 11 is 0. The number of hydrogen-bond acceptors (Lipinski definition) is 3. The molecule has 0 bridgehead atoms. The number of benzene rings is 1. The number of anilines is 1. The molecule has 0 spiro atoms. The van der Waals surface area contributed by atoms with Gasteiger partial charge in [0.15, 0.2) is 0 Å². The van der Waals surface area contributed by atoms with Crippen molar-refractivity contribution in [3.8, 4) is 0 Å². The smallest absolute Gasteiger partial charge is 0.269 e. The van der Waals surface area contributed by atoms with Gasteiger partial charge in [-0.2, -0.15) is 5.10 Å². The van der Waals surface area contributed by atoms with Crippen molar-refractivity contribution in [3.63, 3.8) is 0 Å². The topological polar surface area (TPSA) is 46.9 Å². The third-order valence-corrected chi connectivity index (χ3v) is 2.41. The first-order chi connectivity index (χ1) is 8.58. The highest BCUT2D eigenvalue weighted by molar-refractivity contribution is 5.37. The molecule has 0 aliphatic heterocycles. The highest BCUT2D eigenvalue weighted by Crippen LogP contribution is 2.08. The minimum atomic E-state index is -0.676. The summed E-state index contributed by atoms with van der Waals surface area (Å²) < 4.78 is 27.1. The lowest BCUT2D eigenvalue weighted by Gasteiger charge is -2.06. The quantitative estimate of drug-likeness (QED) is 0.901. The summed E-state index contributed by atoms with van der Waals surface area (Å²) in [5.41, 5.74) is 0.590. The van der Waals surface area contributed by atoms with Crippen LogP contribution < -0.4 is 10.9 Å². The van der Waals surface area contributed by atoms with Crippen LogP contribution >= 0.6 is 0 Å². The molecule has 0 saturated carbocycles. The lowest BCUT2D eigenvalue weighted by atomic mass is 10.2. The first-order valence-electron chi connectivity index (χ1n) is 5.28. The van der Waals surface area contributed by atoms with E-state index >= 15 is 0 Å². The lowest BCUT2D eigenvalue weighted by molar-refractivity contribution is 0.571. The van der Waals surface area contributed by atoms with Crippen molar-refractivity contribution in [2.75, 3.05) is 12.4 Å². The van der Waals surface area contributed by atoms with Crippen LogP contribution in [0.2, 0.25) is 0 Å². The Morgan fingerprint density at radius 1 is 1.22 bits per heavy atom. The van der Waals surface area contributed by atoms with Gasteiger partial charge in [-0.25, -0.2) is 13.5 Å². The number of halogens is 2. The second kappa shape index (κ2) is 4.95. The second-order valence-electron chi connectivity index (χ2n) is 3.77. The largest absolute Gasteiger partial charge is 0.387 e. The molecule has 1 heterocycles. The molecule has 2 rings (SSSR count). The molecule has 4 nitrogen and oxygen atoms in total. The molecule has 0 aliphatic rings. The van der Waals surface area contributed by atoms with E-state index in [0.717, 1.165) is 10.7 Å². The maximum absolute atomic E-state index is 13.0. The minimum Gasteiger partial charge on any atom is -0.387 e. The molecule has 0 saturated heterocycles. The summed E-state index contributed by atoms with van der Waals surface area (Å²) in [4.78, 5) is 11.6. The number of aromatic nitrogens is 2. The normalized spacial score (nSPS) is 10.4. The van der Waals surface area contributed by atoms with Crippen LogP contribution in [0.15, 0.2) is 35.3 Å². The number of rotatable bonds is 3. The Balaban J connectivity index is 2.31. The third kappa shape index (κ3) is 2.71. The fourth-order valence-electron chi connectivity index (χ4n) is 1.56. The van der Waals surface area contributed by atoms with Gasteiger partial charge in [0.1, 0.15) is 11.6 Å². The fraction of sp³-hybridized carbons (Fsp3) is 0.167. The van der Waals surface area contributed by atoms with Crippen LogP contribution in [0.4, 0.5) is 14.5 Å². The third-order valence-electron chi connectivity index (χ3n) is 2.41. The molecular weight excluding hydrogens is 240 g/mol. The molecule has 0 aliphatic carbocycles. The Bertz CT molecular complexity index is 605. The van der Waals surface area contributed by atoms with Gasteiger partial charge in [0.25, 0.3) is 5.56 Å². The molecule has 0 radical (unpaired) electrons. The Labute approximate surface area is 102 Å². The zero-order valence-electron chi connectivity index (χ0n) is 9.65. The van der Waals surface area contributed by atoms with Gasteiger partial charge in [-0.05, 0) is 17.7 Å². The fourth-order valence-corrected chi connectivity index (χ4v) is 1.56. The molecule has 6 heteroatoms. The predicted octanol–water partition coefficient (Wildman–Crippen LogP) is 1.61. The van der Waals surface area contributed by atoms with Crippen molar-refractivity contribution in [3.05, 3.63) is 58.0 Å². The molecule has 18 heavy (non-hydrogen) atoms. The van der Waals surface area contributed by atoms with Crippen LogP contribution in [0.3, 0.4) is 0 Å². The molecule has 0 fully saturated rings. The van der Waals surface area contributed by atoms with Crippen molar-refractivity contribution in [2.24, 2.45) is 0 Å². The van der Waals surface area contributed by atoms with Crippen molar-refractivity contribution >= 4 is 5.69 Å². The first kappa shape index (κ1) is 12.2. The highest BCUT2D eigenvalue weighted by Gasteiger charge is 2.04. The molecule has 1 N–H and O–H groups in total. The van der Waals surface area contributed by atoms with E-state index in [1.165, 1.54) is 24.4 Å². The van der Waals surface area contributed by atoms with E-state index in [4.69, 9.17) is 0 Å². The van der Waals surface area contributed by atoms with Gasteiger partial charge in [0, 0.05) is 19.2 Å². The van der Waals surface area contributed by atoms with Crippen molar-refractivity contribution < 1.29 is 8.78 Å². The van der Waals surface area contributed by atoms with Crippen LogP contribution in [0, 0.1) is 11.6 Å². The second-order valence-corrected chi connectivity index (χ2v) is 3.77. The van der Waals surface area contributed by atoms with E-state index in [-0.39, 0.29) is 12.1 Å². The maximum atomic E-state index is 13.0. The molecule has 0 atom stereocenters. The lowest BCUT2D eigenvalue weighted by Crippen LogP contribution is -2.22. The zero-order chi connectivity index (χ0) is 13.1. The van der Waals surface area contributed by atoms with E-state index < -0.39 is 11.6 Å². The van der Waals surface area contributed by atoms with Gasteiger partial charge in [-0.1, -0.05) is 0 Å². The standard InChI is InChI=1S/C12H11F2N3O/c1-15-11-5-12(18)17(16-6-11)7-8-2-9(13)4-10(14)3-8/h2-6,15H,7H2,1H3. The molecule has 0 amide bonds. The Morgan fingerprint density at radius 2 is 1.89 bits per heavy atom. The van der Waals surface area contributed by atoms with Crippen molar-refractivity contribution in [1.29, 1.82) is 0 Å². The van der Waals surface area contributed by atoms with E-state index in [2.05, 4.69) is 10.4 Å². The van der Waals surface area contributed by atoms with Crippen LogP contribution in [0.1, 0.15) is 5.56 Å². The predicted molar refractivity (Wildman–Crippen MR) is 63.5 cm³/mol. The summed E-state index contributed by atoms with van der Waals surface area (Å²) in [5, 5.41) is 6.68. The van der Waals surface area contributed by atoms with Crippen molar-refractivity contribution in [2.45, 2.75) is 6.54 Å². The van der Waals surface area contributed by atoms with E-state index in [9.17, 15) is 13.6 Å². The van der Waals surface area contributed by atoms with Crippen LogP contribution in [-0.4, -0.2) is 16.8 Å².